The highest BCUT2D eigenvalue weighted by Gasteiger charge is 2.25. The number of ketones is 1. The minimum Gasteiger partial charge on any atom is -0.492 e. The van der Waals surface area contributed by atoms with Gasteiger partial charge in [0.2, 0.25) is 0 Å². The Morgan fingerprint density at radius 3 is 2.10 bits per heavy atom. The molecule has 0 aliphatic carbocycles. The molecule has 39 heavy (non-hydrogen) atoms. The van der Waals surface area contributed by atoms with Gasteiger partial charge < -0.3 is 19.2 Å². The number of hydrogen-bond donors (Lipinski definition) is 1. The first kappa shape index (κ1) is 35.9. The molecule has 0 spiro atoms. The number of esters is 1. The highest BCUT2D eigenvalue weighted by molar-refractivity contribution is 6.17. The first-order chi connectivity index (χ1) is 18.8. The average molecular weight is 542 g/mol. The normalized spacial score (nSPS) is 10.6. The number of hydrogen-bond acceptors (Lipinski definition) is 6. The van der Waals surface area contributed by atoms with Crippen molar-refractivity contribution in [2.24, 2.45) is 0 Å². The second kappa shape index (κ2) is 19.9. The minimum absolute atomic E-state index is 0.0936. The van der Waals surface area contributed by atoms with E-state index in [2.05, 4.69) is 12.2 Å². The van der Waals surface area contributed by atoms with Crippen LogP contribution in [0.3, 0.4) is 0 Å². The lowest BCUT2D eigenvalue weighted by Crippen LogP contribution is -2.20. The third-order valence-electron chi connectivity index (χ3n) is 5.61. The summed E-state index contributed by atoms with van der Waals surface area (Å²) in [5.74, 6) is 0.528. The van der Waals surface area contributed by atoms with Crippen LogP contribution in [0.15, 0.2) is 40.8 Å². The number of carbonyl (C=O) groups is 2. The van der Waals surface area contributed by atoms with Gasteiger partial charge in [0.15, 0.2) is 5.78 Å². The lowest BCUT2D eigenvalue weighted by molar-refractivity contribution is -0.147. The van der Waals surface area contributed by atoms with Crippen molar-refractivity contribution >= 4 is 22.7 Å². The van der Waals surface area contributed by atoms with Crippen molar-refractivity contribution in [1.29, 1.82) is 0 Å². The predicted octanol–water partition coefficient (Wildman–Crippen LogP) is 8.23. The largest absolute Gasteiger partial charge is 0.492 e. The van der Waals surface area contributed by atoms with Crippen molar-refractivity contribution < 1.29 is 23.5 Å². The molecule has 1 aromatic heterocycles. The summed E-state index contributed by atoms with van der Waals surface area (Å²) in [6.07, 6.45) is 0.439. The number of fused-ring (bicyclic) bond motifs is 1. The number of aryl methyl sites for hydroxylation is 2. The van der Waals surface area contributed by atoms with Crippen LogP contribution < -0.4 is 10.1 Å². The van der Waals surface area contributed by atoms with Crippen LogP contribution in [0.5, 0.6) is 5.75 Å². The van der Waals surface area contributed by atoms with E-state index < -0.39 is 5.97 Å². The summed E-state index contributed by atoms with van der Waals surface area (Å²) in [5.41, 5.74) is 3.29. The molecule has 3 aromatic rings. The van der Waals surface area contributed by atoms with Gasteiger partial charge in [-0.25, -0.2) is 0 Å². The van der Waals surface area contributed by atoms with E-state index in [0.717, 1.165) is 36.4 Å². The van der Waals surface area contributed by atoms with Crippen LogP contribution >= 0.6 is 0 Å². The first-order valence-corrected chi connectivity index (χ1v) is 14.5. The molecule has 0 amide bonds. The summed E-state index contributed by atoms with van der Waals surface area (Å²) in [4.78, 5) is 26.1. The Hall–Kier alpha value is -3.12. The fraction of sp³-hybridized carbons (Fsp3) is 0.515. The third kappa shape index (κ3) is 10.5. The fourth-order valence-electron chi connectivity index (χ4n) is 3.81. The van der Waals surface area contributed by atoms with Crippen LogP contribution in [0, 0.1) is 13.8 Å². The highest BCUT2D eigenvalue weighted by atomic mass is 16.5. The van der Waals surface area contributed by atoms with Gasteiger partial charge in [-0.3, -0.25) is 9.59 Å². The summed E-state index contributed by atoms with van der Waals surface area (Å²) in [5, 5.41) is 3.92. The Balaban J connectivity index is 0.00000225. The molecule has 1 atom stereocenters. The van der Waals surface area contributed by atoms with E-state index in [1.54, 1.807) is 6.07 Å². The molecule has 0 aliphatic rings. The van der Waals surface area contributed by atoms with Crippen LogP contribution in [0.25, 0.3) is 11.0 Å². The lowest BCUT2D eigenvalue weighted by Gasteiger charge is -2.14. The van der Waals surface area contributed by atoms with Crippen molar-refractivity contribution in [3.05, 3.63) is 64.4 Å². The Morgan fingerprint density at radius 2 is 1.54 bits per heavy atom. The monoisotopic (exact) mass is 541 g/mol. The predicted molar refractivity (Wildman–Crippen MR) is 163 cm³/mol. The maximum atomic E-state index is 13.7. The van der Waals surface area contributed by atoms with Crippen molar-refractivity contribution in [3.63, 3.8) is 0 Å². The molecule has 0 radical (unpaired) electrons. The fourth-order valence-corrected chi connectivity index (χ4v) is 3.81. The van der Waals surface area contributed by atoms with Gasteiger partial charge >= 0.3 is 5.97 Å². The number of furan rings is 1. The molecule has 0 saturated carbocycles. The van der Waals surface area contributed by atoms with Gasteiger partial charge in [-0.2, -0.15) is 0 Å². The summed E-state index contributed by atoms with van der Waals surface area (Å²) >= 11 is 0. The van der Waals surface area contributed by atoms with Crippen LogP contribution in [0.1, 0.15) is 102 Å². The van der Waals surface area contributed by atoms with Gasteiger partial charge in [-0.1, -0.05) is 73.6 Å². The lowest BCUT2D eigenvalue weighted by atomic mass is 9.96. The molecular weight excluding hydrogens is 490 g/mol. The smallest absolute Gasteiger partial charge is 0.313 e. The summed E-state index contributed by atoms with van der Waals surface area (Å²) in [6.45, 7) is 23.9. The van der Waals surface area contributed by atoms with E-state index in [-0.39, 0.29) is 18.3 Å². The first-order valence-electron chi connectivity index (χ1n) is 14.5. The van der Waals surface area contributed by atoms with Crippen molar-refractivity contribution in [3.8, 4) is 5.75 Å². The van der Waals surface area contributed by atoms with Crippen LogP contribution in [0.2, 0.25) is 0 Å². The van der Waals surface area contributed by atoms with E-state index >= 15 is 0 Å². The van der Waals surface area contributed by atoms with Gasteiger partial charge in [0.05, 0.1) is 11.7 Å². The second-order valence-corrected chi connectivity index (χ2v) is 8.25. The molecule has 6 heteroatoms. The maximum Gasteiger partial charge on any atom is 0.313 e. The van der Waals surface area contributed by atoms with Crippen LogP contribution in [0.4, 0.5) is 0 Å². The summed E-state index contributed by atoms with van der Waals surface area (Å²) in [7, 11) is 0. The molecule has 218 valence electrons. The zero-order chi connectivity index (χ0) is 30.0. The van der Waals surface area contributed by atoms with E-state index in [1.807, 2.05) is 99.6 Å². The molecule has 0 bridgehead atoms. The van der Waals surface area contributed by atoms with Gasteiger partial charge in [0.25, 0.3) is 0 Å². The quantitative estimate of drug-likeness (QED) is 0.150. The van der Waals surface area contributed by atoms with E-state index in [0.29, 0.717) is 34.5 Å². The van der Waals surface area contributed by atoms with Crippen LogP contribution in [-0.2, 0) is 16.0 Å². The number of rotatable bonds is 11. The number of ether oxygens (including phenoxy) is 2. The highest BCUT2D eigenvalue weighted by Crippen LogP contribution is 2.31. The zero-order valence-electron chi connectivity index (χ0n) is 26.1. The molecule has 6 nitrogen and oxygen atoms in total. The van der Waals surface area contributed by atoms with E-state index in [9.17, 15) is 9.59 Å². The Bertz CT molecular complexity index is 1110. The van der Waals surface area contributed by atoms with Crippen molar-refractivity contribution in [2.75, 3.05) is 19.7 Å². The van der Waals surface area contributed by atoms with Gasteiger partial charge in [-0.15, -0.1) is 0 Å². The molecule has 0 aliphatic heterocycles. The summed E-state index contributed by atoms with van der Waals surface area (Å²) < 4.78 is 17.3. The van der Waals surface area contributed by atoms with Crippen molar-refractivity contribution in [2.45, 2.75) is 95.1 Å². The Kier molecular flexibility index (Phi) is 18.3. The molecule has 3 rings (SSSR count). The van der Waals surface area contributed by atoms with E-state index in [1.165, 1.54) is 0 Å². The molecule has 1 heterocycles. The SMILES string of the molecule is CC.CC.CC.CCNCCOc1c(C)cc(C(=O)c2c(CC(=O)O[C@@H](C)CC)oc3ccccc23)cc1C. The maximum absolute atomic E-state index is 13.7. The van der Waals surface area contributed by atoms with Gasteiger partial charge in [0, 0.05) is 17.5 Å². The molecule has 2 aromatic carbocycles. The second-order valence-electron chi connectivity index (χ2n) is 8.25. The number of para-hydroxylation sites is 1. The minimum atomic E-state index is -0.408. The molecule has 0 saturated heterocycles. The third-order valence-corrected chi connectivity index (χ3v) is 5.61. The van der Waals surface area contributed by atoms with E-state index in [4.69, 9.17) is 13.9 Å². The molecular formula is C33H51NO5. The summed E-state index contributed by atoms with van der Waals surface area (Å²) in [6, 6.07) is 11.0. The van der Waals surface area contributed by atoms with Crippen molar-refractivity contribution in [1.82, 2.24) is 5.32 Å². The molecule has 0 unspecified atom stereocenters. The molecule has 0 fully saturated rings. The Labute approximate surface area is 236 Å². The van der Waals surface area contributed by atoms with Crippen LogP contribution in [-0.4, -0.2) is 37.6 Å². The Morgan fingerprint density at radius 1 is 0.949 bits per heavy atom. The molecule has 1 N–H and O–H groups in total. The standard InChI is InChI=1S/C27H33NO5.3C2H6/c1-6-19(5)32-24(29)16-23-25(21-10-8-9-11-22(21)33-23)26(30)20-14-17(3)27(18(4)15-20)31-13-12-28-7-2;3*1-2/h8-11,14-15,19,28H,6-7,12-13,16H2,1-5H3;3*1-2H3/t19-;;;/m0.../s1. The number of nitrogens with one attached hydrogen (secondary N) is 1. The average Bonchev–Trinajstić information content (AvgIpc) is 3.32. The van der Waals surface area contributed by atoms with Gasteiger partial charge in [-0.05, 0) is 63.1 Å². The topological polar surface area (TPSA) is 77.8 Å². The van der Waals surface area contributed by atoms with Gasteiger partial charge in [0.1, 0.15) is 30.1 Å². The number of likely N-dealkylation sites (N-methyl/N-ethyl adjacent to an activating group) is 1. The number of benzene rings is 2. The zero-order valence-corrected chi connectivity index (χ0v) is 26.1. The number of carbonyl (C=O) groups excluding carboxylic acids is 2.